The summed E-state index contributed by atoms with van der Waals surface area (Å²) in [6, 6.07) is 8.38. The first-order valence-electron chi connectivity index (χ1n) is 7.92. The van der Waals surface area contributed by atoms with Crippen LogP contribution in [0.4, 0.5) is 23.2 Å². The molecule has 27 heavy (non-hydrogen) atoms. The number of benzene rings is 2. The minimum Gasteiger partial charge on any atom is -0.406 e. The van der Waals surface area contributed by atoms with Crippen molar-refractivity contribution in [2.24, 2.45) is 11.7 Å². The average molecular weight is 405 g/mol. The highest BCUT2D eigenvalue weighted by Crippen LogP contribution is 2.27. The standard InChI is InChI=1S/C18H17ClF4N2O2/c1-10(17(26)25-12-5-6-15(20)14(19)9-12)7-16(24)11-3-2-4-13(8-11)27-18(21,22)23/h2-6,8-10,16H,7,24H2,1H3,(H,25,26)/t10-,16+/m0/s1. The van der Waals surface area contributed by atoms with Crippen LogP contribution >= 0.6 is 11.6 Å². The quantitative estimate of drug-likeness (QED) is 0.663. The van der Waals surface area contributed by atoms with E-state index in [-0.39, 0.29) is 23.1 Å². The lowest BCUT2D eigenvalue weighted by Gasteiger charge is -2.18. The van der Waals surface area contributed by atoms with E-state index in [1.54, 1.807) is 13.0 Å². The first kappa shape index (κ1) is 21.0. The SMILES string of the molecule is C[C@@H](C[C@@H](N)c1cccc(OC(F)(F)F)c1)C(=O)Nc1ccc(F)c(Cl)c1. The molecule has 146 valence electrons. The van der Waals surface area contributed by atoms with E-state index in [0.29, 0.717) is 11.3 Å². The van der Waals surface area contributed by atoms with Crippen molar-refractivity contribution in [1.82, 2.24) is 0 Å². The molecule has 3 N–H and O–H groups in total. The summed E-state index contributed by atoms with van der Waals surface area (Å²) in [5.74, 6) is -1.92. The van der Waals surface area contributed by atoms with Crippen LogP contribution in [-0.2, 0) is 4.79 Å². The van der Waals surface area contributed by atoms with Crippen molar-refractivity contribution in [1.29, 1.82) is 0 Å². The van der Waals surface area contributed by atoms with E-state index in [0.717, 1.165) is 12.1 Å². The zero-order chi connectivity index (χ0) is 20.2. The number of amides is 1. The molecule has 0 aliphatic rings. The molecule has 2 atom stereocenters. The number of hydrogen-bond donors (Lipinski definition) is 2. The van der Waals surface area contributed by atoms with Crippen LogP contribution in [0, 0.1) is 11.7 Å². The van der Waals surface area contributed by atoms with Gasteiger partial charge in [0, 0.05) is 17.6 Å². The second-order valence-electron chi connectivity index (χ2n) is 5.98. The molecule has 0 spiro atoms. The fourth-order valence-corrected chi connectivity index (χ4v) is 2.59. The van der Waals surface area contributed by atoms with Crippen molar-refractivity contribution >= 4 is 23.2 Å². The normalized spacial score (nSPS) is 13.7. The number of nitrogens with two attached hydrogens (primary N) is 1. The second kappa shape index (κ2) is 8.58. The summed E-state index contributed by atoms with van der Waals surface area (Å²) in [7, 11) is 0. The summed E-state index contributed by atoms with van der Waals surface area (Å²) in [5.41, 5.74) is 6.75. The Morgan fingerprint density at radius 1 is 1.26 bits per heavy atom. The van der Waals surface area contributed by atoms with Crippen molar-refractivity contribution in [3.63, 3.8) is 0 Å². The van der Waals surface area contributed by atoms with Gasteiger partial charge in [-0.05, 0) is 42.3 Å². The van der Waals surface area contributed by atoms with Crippen LogP contribution in [0.1, 0.15) is 24.9 Å². The number of ether oxygens (including phenoxy) is 1. The van der Waals surface area contributed by atoms with E-state index >= 15 is 0 Å². The molecular weight excluding hydrogens is 388 g/mol. The zero-order valence-electron chi connectivity index (χ0n) is 14.2. The lowest BCUT2D eigenvalue weighted by atomic mass is 9.96. The average Bonchev–Trinajstić information content (AvgIpc) is 2.56. The maximum absolute atomic E-state index is 13.1. The summed E-state index contributed by atoms with van der Waals surface area (Å²) in [5, 5.41) is 2.46. The molecule has 0 bridgehead atoms. The molecule has 0 fully saturated rings. The summed E-state index contributed by atoms with van der Waals surface area (Å²) in [4.78, 5) is 12.3. The Morgan fingerprint density at radius 3 is 2.59 bits per heavy atom. The maximum Gasteiger partial charge on any atom is 0.573 e. The highest BCUT2D eigenvalue weighted by atomic mass is 35.5. The van der Waals surface area contributed by atoms with E-state index < -0.39 is 24.1 Å². The molecule has 0 aliphatic heterocycles. The molecule has 2 aromatic carbocycles. The Labute approximate surface area is 158 Å². The van der Waals surface area contributed by atoms with Gasteiger partial charge in [0.15, 0.2) is 0 Å². The van der Waals surface area contributed by atoms with Gasteiger partial charge in [0.2, 0.25) is 5.91 Å². The van der Waals surface area contributed by atoms with Gasteiger partial charge in [-0.3, -0.25) is 4.79 Å². The van der Waals surface area contributed by atoms with Gasteiger partial charge in [-0.25, -0.2) is 4.39 Å². The summed E-state index contributed by atoms with van der Waals surface area (Å²) in [6.45, 7) is 1.62. The second-order valence-corrected chi connectivity index (χ2v) is 6.39. The van der Waals surface area contributed by atoms with Crippen molar-refractivity contribution in [3.05, 3.63) is 58.9 Å². The van der Waals surface area contributed by atoms with Crippen LogP contribution in [-0.4, -0.2) is 12.3 Å². The Balaban J connectivity index is 1.99. The van der Waals surface area contributed by atoms with Crippen molar-refractivity contribution in [2.45, 2.75) is 25.7 Å². The van der Waals surface area contributed by atoms with E-state index in [9.17, 15) is 22.4 Å². The molecule has 0 aliphatic carbocycles. The third-order valence-electron chi connectivity index (χ3n) is 3.76. The summed E-state index contributed by atoms with van der Waals surface area (Å²) >= 11 is 5.66. The fourth-order valence-electron chi connectivity index (χ4n) is 2.41. The molecule has 4 nitrogen and oxygen atoms in total. The molecule has 0 saturated heterocycles. The van der Waals surface area contributed by atoms with Gasteiger partial charge in [0.1, 0.15) is 11.6 Å². The molecule has 0 unspecified atom stereocenters. The third-order valence-corrected chi connectivity index (χ3v) is 4.05. The smallest absolute Gasteiger partial charge is 0.406 e. The molecule has 0 radical (unpaired) electrons. The van der Waals surface area contributed by atoms with E-state index in [2.05, 4.69) is 10.1 Å². The number of nitrogens with one attached hydrogen (secondary N) is 1. The van der Waals surface area contributed by atoms with E-state index in [4.69, 9.17) is 17.3 Å². The Kier molecular flexibility index (Phi) is 6.67. The van der Waals surface area contributed by atoms with Gasteiger partial charge < -0.3 is 15.8 Å². The van der Waals surface area contributed by atoms with Gasteiger partial charge in [0.25, 0.3) is 0 Å². The van der Waals surface area contributed by atoms with Crippen LogP contribution in [0.3, 0.4) is 0 Å². The monoisotopic (exact) mass is 404 g/mol. The molecular formula is C18H17ClF4N2O2. The molecule has 0 saturated carbocycles. The topological polar surface area (TPSA) is 64.3 Å². The van der Waals surface area contributed by atoms with Crippen LogP contribution < -0.4 is 15.8 Å². The van der Waals surface area contributed by atoms with Gasteiger partial charge in [-0.2, -0.15) is 0 Å². The van der Waals surface area contributed by atoms with Crippen LogP contribution in [0.5, 0.6) is 5.75 Å². The Morgan fingerprint density at radius 2 is 1.96 bits per heavy atom. The van der Waals surface area contributed by atoms with Gasteiger partial charge in [0.05, 0.1) is 5.02 Å². The Bertz CT molecular complexity index is 814. The lowest BCUT2D eigenvalue weighted by Crippen LogP contribution is -2.25. The largest absolute Gasteiger partial charge is 0.573 e. The number of alkyl halides is 3. The number of anilines is 1. The molecule has 2 aromatic rings. The van der Waals surface area contributed by atoms with Crippen molar-refractivity contribution < 1.29 is 27.1 Å². The highest BCUT2D eigenvalue weighted by molar-refractivity contribution is 6.31. The molecule has 0 aromatic heterocycles. The van der Waals surface area contributed by atoms with Gasteiger partial charge in [-0.15, -0.1) is 13.2 Å². The van der Waals surface area contributed by atoms with Crippen LogP contribution in [0.2, 0.25) is 5.02 Å². The minimum atomic E-state index is -4.80. The Hall–Kier alpha value is -2.32. The van der Waals surface area contributed by atoms with Crippen LogP contribution in [0.25, 0.3) is 0 Å². The number of halogens is 5. The number of carbonyl (C=O) groups is 1. The fraction of sp³-hybridized carbons (Fsp3) is 0.278. The minimum absolute atomic E-state index is 0.126. The van der Waals surface area contributed by atoms with Crippen molar-refractivity contribution in [3.8, 4) is 5.75 Å². The first-order valence-corrected chi connectivity index (χ1v) is 8.30. The highest BCUT2D eigenvalue weighted by Gasteiger charge is 2.31. The molecule has 9 heteroatoms. The predicted molar refractivity (Wildman–Crippen MR) is 93.9 cm³/mol. The predicted octanol–water partition coefficient (Wildman–Crippen LogP) is 5.04. The van der Waals surface area contributed by atoms with Gasteiger partial charge in [-0.1, -0.05) is 30.7 Å². The lowest BCUT2D eigenvalue weighted by molar-refractivity contribution is -0.274. The number of hydrogen-bond acceptors (Lipinski definition) is 3. The molecule has 0 heterocycles. The number of rotatable bonds is 6. The zero-order valence-corrected chi connectivity index (χ0v) is 14.9. The van der Waals surface area contributed by atoms with Gasteiger partial charge >= 0.3 is 6.36 Å². The van der Waals surface area contributed by atoms with Crippen LogP contribution in [0.15, 0.2) is 42.5 Å². The summed E-state index contributed by atoms with van der Waals surface area (Å²) < 4.78 is 53.9. The number of carbonyl (C=O) groups excluding carboxylic acids is 1. The summed E-state index contributed by atoms with van der Waals surface area (Å²) in [6.07, 6.45) is -4.62. The molecule has 2 rings (SSSR count). The molecule has 1 amide bonds. The maximum atomic E-state index is 13.1. The third kappa shape index (κ3) is 6.41. The van der Waals surface area contributed by atoms with Crippen molar-refractivity contribution in [2.75, 3.05) is 5.32 Å². The first-order chi connectivity index (χ1) is 12.5. The van der Waals surface area contributed by atoms with E-state index in [1.807, 2.05) is 0 Å². The van der Waals surface area contributed by atoms with E-state index in [1.165, 1.54) is 24.3 Å².